The van der Waals surface area contributed by atoms with Crippen molar-refractivity contribution in [3.8, 4) is 5.69 Å². The largest absolute Gasteiger partial charge is 0.444 e. The van der Waals surface area contributed by atoms with E-state index in [4.69, 9.17) is 4.74 Å². The molecule has 1 N–H and O–H groups in total. The van der Waals surface area contributed by atoms with Gasteiger partial charge in [-0.2, -0.15) is 0 Å². The molecule has 6 heteroatoms. The molecule has 0 aliphatic heterocycles. The zero-order valence-electron chi connectivity index (χ0n) is 16.0. The number of fused-ring (bicyclic) bond motifs is 1. The van der Waals surface area contributed by atoms with Gasteiger partial charge in [-0.15, -0.1) is 0 Å². The molecule has 1 amide bonds. The Bertz CT molecular complexity index is 959. The van der Waals surface area contributed by atoms with Gasteiger partial charge in [0.2, 0.25) is 0 Å². The third-order valence-corrected chi connectivity index (χ3v) is 4.07. The highest BCUT2D eigenvalue weighted by molar-refractivity contribution is 5.78. The molecule has 0 unspecified atom stereocenters. The van der Waals surface area contributed by atoms with E-state index in [1.54, 1.807) is 18.2 Å². The number of amides is 1. The molecule has 142 valence electrons. The predicted molar refractivity (Wildman–Crippen MR) is 104 cm³/mol. The van der Waals surface area contributed by atoms with Gasteiger partial charge in [-0.1, -0.05) is 31.2 Å². The van der Waals surface area contributed by atoms with Gasteiger partial charge < -0.3 is 10.1 Å². The van der Waals surface area contributed by atoms with E-state index in [2.05, 4.69) is 10.3 Å². The van der Waals surface area contributed by atoms with Crippen LogP contribution in [0.4, 0.5) is 9.18 Å². The van der Waals surface area contributed by atoms with E-state index < -0.39 is 11.7 Å². The zero-order chi connectivity index (χ0) is 19.6. The summed E-state index contributed by atoms with van der Waals surface area (Å²) in [6.45, 7) is 7.71. The van der Waals surface area contributed by atoms with E-state index in [1.165, 1.54) is 6.07 Å². The normalized spacial score (nSPS) is 12.8. The van der Waals surface area contributed by atoms with Crippen LogP contribution in [0.15, 0.2) is 48.5 Å². The number of ether oxygens (including phenoxy) is 1. The van der Waals surface area contributed by atoms with Crippen LogP contribution in [0.5, 0.6) is 0 Å². The molecule has 0 aliphatic rings. The molecule has 1 heterocycles. The van der Waals surface area contributed by atoms with Crippen LogP contribution >= 0.6 is 0 Å². The number of aromatic nitrogens is 2. The first-order valence-corrected chi connectivity index (χ1v) is 8.95. The SMILES string of the molecule is C[C@@H](CNC(=O)OC(C)(C)C)c1nc2ccccc2n1-c1ccccc1F. The zero-order valence-corrected chi connectivity index (χ0v) is 16.0. The maximum absolute atomic E-state index is 14.5. The van der Waals surface area contributed by atoms with Gasteiger partial charge in [-0.3, -0.25) is 4.57 Å². The molecule has 27 heavy (non-hydrogen) atoms. The van der Waals surface area contributed by atoms with Crippen molar-refractivity contribution >= 4 is 17.1 Å². The Morgan fingerprint density at radius 1 is 1.19 bits per heavy atom. The van der Waals surface area contributed by atoms with E-state index in [1.807, 2.05) is 56.5 Å². The van der Waals surface area contributed by atoms with Gasteiger partial charge >= 0.3 is 6.09 Å². The number of rotatable bonds is 4. The molecule has 0 saturated carbocycles. The van der Waals surface area contributed by atoms with Crippen LogP contribution in [-0.2, 0) is 4.74 Å². The van der Waals surface area contributed by atoms with Gasteiger partial charge in [0.05, 0.1) is 16.7 Å². The van der Waals surface area contributed by atoms with Crippen molar-refractivity contribution in [3.05, 3.63) is 60.2 Å². The Hall–Kier alpha value is -2.89. The molecule has 1 aromatic heterocycles. The first kappa shape index (κ1) is 18.9. The summed E-state index contributed by atoms with van der Waals surface area (Å²) in [5, 5.41) is 2.77. The van der Waals surface area contributed by atoms with Crippen LogP contribution in [0.25, 0.3) is 16.7 Å². The second kappa shape index (κ2) is 7.39. The second-order valence-corrected chi connectivity index (χ2v) is 7.53. The molecular weight excluding hydrogens is 345 g/mol. The van der Waals surface area contributed by atoms with Crippen molar-refractivity contribution in [1.29, 1.82) is 0 Å². The van der Waals surface area contributed by atoms with Gasteiger partial charge in [0.15, 0.2) is 0 Å². The number of nitrogens with zero attached hydrogens (tertiary/aromatic N) is 2. The Balaban J connectivity index is 1.93. The van der Waals surface area contributed by atoms with Crippen LogP contribution in [-0.4, -0.2) is 27.8 Å². The van der Waals surface area contributed by atoms with Crippen molar-refractivity contribution in [3.63, 3.8) is 0 Å². The molecule has 0 spiro atoms. The Kier molecular flexibility index (Phi) is 5.17. The Labute approximate surface area is 158 Å². The molecule has 0 radical (unpaired) electrons. The summed E-state index contributed by atoms with van der Waals surface area (Å²) in [7, 11) is 0. The van der Waals surface area contributed by atoms with Crippen LogP contribution in [0.2, 0.25) is 0 Å². The predicted octanol–water partition coefficient (Wildman–Crippen LogP) is 4.79. The molecular formula is C21H24FN3O2. The molecule has 0 aliphatic carbocycles. The van der Waals surface area contributed by atoms with Crippen molar-refractivity contribution in [1.82, 2.24) is 14.9 Å². The summed E-state index contributed by atoms with van der Waals surface area (Å²) in [5.41, 5.74) is 1.47. The molecule has 5 nitrogen and oxygen atoms in total. The lowest BCUT2D eigenvalue weighted by atomic mass is 10.1. The number of carbonyl (C=O) groups is 1. The van der Waals surface area contributed by atoms with Crippen LogP contribution in [0.3, 0.4) is 0 Å². The van der Waals surface area contributed by atoms with Crippen molar-refractivity contribution in [2.75, 3.05) is 6.54 Å². The smallest absolute Gasteiger partial charge is 0.407 e. The molecule has 2 aromatic carbocycles. The Morgan fingerprint density at radius 2 is 1.85 bits per heavy atom. The highest BCUT2D eigenvalue weighted by atomic mass is 19.1. The first-order valence-electron chi connectivity index (χ1n) is 8.95. The molecule has 3 aromatic rings. The highest BCUT2D eigenvalue weighted by Gasteiger charge is 2.21. The first-order chi connectivity index (χ1) is 12.8. The van der Waals surface area contributed by atoms with Crippen LogP contribution in [0, 0.1) is 5.82 Å². The topological polar surface area (TPSA) is 56.1 Å². The van der Waals surface area contributed by atoms with E-state index in [0.717, 1.165) is 11.0 Å². The number of benzene rings is 2. The number of nitrogens with one attached hydrogen (secondary N) is 1. The number of imidazole rings is 1. The molecule has 0 bridgehead atoms. The third-order valence-electron chi connectivity index (χ3n) is 4.07. The summed E-state index contributed by atoms with van der Waals surface area (Å²) in [6.07, 6.45) is -0.483. The van der Waals surface area contributed by atoms with Crippen molar-refractivity contribution < 1.29 is 13.9 Å². The molecule has 3 rings (SSSR count). The number of para-hydroxylation sites is 3. The van der Waals surface area contributed by atoms with Crippen LogP contribution in [0.1, 0.15) is 39.4 Å². The summed E-state index contributed by atoms with van der Waals surface area (Å²) in [6, 6.07) is 14.2. The lowest BCUT2D eigenvalue weighted by Crippen LogP contribution is -2.34. The third kappa shape index (κ3) is 4.27. The number of halogens is 1. The van der Waals surface area contributed by atoms with Crippen LogP contribution < -0.4 is 5.32 Å². The van der Waals surface area contributed by atoms with Gasteiger partial charge in [0, 0.05) is 12.5 Å². The minimum Gasteiger partial charge on any atom is -0.444 e. The van der Waals surface area contributed by atoms with E-state index in [9.17, 15) is 9.18 Å². The van der Waals surface area contributed by atoms with E-state index in [-0.39, 0.29) is 11.7 Å². The molecule has 1 atom stereocenters. The summed E-state index contributed by atoms with van der Waals surface area (Å²) < 4.78 is 21.6. The Morgan fingerprint density at radius 3 is 2.56 bits per heavy atom. The average Bonchev–Trinajstić information content (AvgIpc) is 2.98. The van der Waals surface area contributed by atoms with E-state index >= 15 is 0 Å². The van der Waals surface area contributed by atoms with Crippen molar-refractivity contribution in [2.45, 2.75) is 39.2 Å². The average molecular weight is 369 g/mol. The van der Waals surface area contributed by atoms with E-state index in [0.29, 0.717) is 18.1 Å². The van der Waals surface area contributed by atoms with Gasteiger partial charge in [0.1, 0.15) is 17.2 Å². The fourth-order valence-electron chi connectivity index (χ4n) is 2.90. The quantitative estimate of drug-likeness (QED) is 0.719. The summed E-state index contributed by atoms with van der Waals surface area (Å²) >= 11 is 0. The fourth-order valence-corrected chi connectivity index (χ4v) is 2.90. The maximum atomic E-state index is 14.5. The standard InChI is InChI=1S/C21H24FN3O2/c1-14(13-23-20(26)27-21(2,3)4)19-24-16-10-6-8-12-18(16)25(19)17-11-7-5-9-15(17)22/h5-12,14H,13H2,1-4H3,(H,23,26)/t14-/m0/s1. The highest BCUT2D eigenvalue weighted by Crippen LogP contribution is 2.27. The van der Waals surface area contributed by atoms with Gasteiger partial charge in [0.25, 0.3) is 0 Å². The summed E-state index contributed by atoms with van der Waals surface area (Å²) in [4.78, 5) is 16.6. The van der Waals surface area contributed by atoms with Gasteiger partial charge in [-0.05, 0) is 45.0 Å². The number of hydrogen-bond donors (Lipinski definition) is 1. The molecule has 0 saturated heterocycles. The lowest BCUT2D eigenvalue weighted by molar-refractivity contribution is 0.0525. The minimum absolute atomic E-state index is 0.149. The second-order valence-electron chi connectivity index (χ2n) is 7.53. The number of carbonyl (C=O) groups excluding carboxylic acids is 1. The number of alkyl carbamates (subject to hydrolysis) is 1. The molecule has 0 fully saturated rings. The van der Waals surface area contributed by atoms with Gasteiger partial charge in [-0.25, -0.2) is 14.2 Å². The fraction of sp³-hybridized carbons (Fsp3) is 0.333. The number of hydrogen-bond acceptors (Lipinski definition) is 3. The maximum Gasteiger partial charge on any atom is 0.407 e. The lowest BCUT2D eigenvalue weighted by Gasteiger charge is -2.21. The summed E-state index contributed by atoms with van der Waals surface area (Å²) in [5.74, 6) is 0.205. The monoisotopic (exact) mass is 369 g/mol. The minimum atomic E-state index is -0.562. The van der Waals surface area contributed by atoms with Crippen molar-refractivity contribution in [2.24, 2.45) is 0 Å².